The van der Waals surface area contributed by atoms with Gasteiger partial charge in [-0.3, -0.25) is 14.9 Å². The van der Waals surface area contributed by atoms with E-state index in [0.717, 1.165) is 0 Å². The summed E-state index contributed by atoms with van der Waals surface area (Å²) in [6.45, 7) is 0. The topological polar surface area (TPSA) is 85.1 Å². The van der Waals surface area contributed by atoms with E-state index in [1.165, 1.54) is 11.3 Å². The second-order valence-electron chi connectivity index (χ2n) is 3.84. The molecule has 0 atom stereocenters. The molecule has 0 unspecified atom stereocenters. The Balaban J connectivity index is 2.13. The van der Waals surface area contributed by atoms with Crippen molar-refractivity contribution in [1.82, 2.24) is 4.98 Å². The van der Waals surface area contributed by atoms with Gasteiger partial charge in [0, 0.05) is 5.38 Å². The maximum atomic E-state index is 12.0. The number of hydrogen-bond acceptors (Lipinski definition) is 4. The third-order valence-corrected chi connectivity index (χ3v) is 3.95. The van der Waals surface area contributed by atoms with Crippen LogP contribution in [0.5, 0.6) is 0 Å². The number of carbonyl (C=O) groups is 2. The fourth-order valence-corrected chi connectivity index (χ4v) is 2.56. The van der Waals surface area contributed by atoms with Gasteiger partial charge < -0.3 is 5.73 Å². The number of anilines is 1. The molecule has 0 bridgehead atoms. The normalized spacial score (nSPS) is 10.3. The van der Waals surface area contributed by atoms with E-state index in [2.05, 4.69) is 10.3 Å². The first-order valence-corrected chi connectivity index (χ1v) is 7.09. The molecule has 0 saturated carbocycles. The summed E-state index contributed by atoms with van der Waals surface area (Å²) < 4.78 is 0. The van der Waals surface area contributed by atoms with Crippen LogP contribution in [0.4, 0.5) is 5.13 Å². The van der Waals surface area contributed by atoms with Crippen molar-refractivity contribution in [1.29, 1.82) is 0 Å². The molecule has 0 aliphatic heterocycles. The molecular weight excluding hydrogens is 321 g/mol. The molecule has 0 radical (unpaired) electrons. The largest absolute Gasteiger partial charge is 0.369 e. The Morgan fingerprint density at radius 1 is 1.35 bits per heavy atom. The van der Waals surface area contributed by atoms with Crippen molar-refractivity contribution in [3.05, 3.63) is 44.9 Å². The van der Waals surface area contributed by atoms with E-state index < -0.39 is 11.8 Å². The third-order valence-electron chi connectivity index (χ3n) is 2.32. The van der Waals surface area contributed by atoms with Gasteiger partial charge >= 0.3 is 0 Å². The van der Waals surface area contributed by atoms with E-state index in [-0.39, 0.29) is 17.0 Å². The quantitative estimate of drug-likeness (QED) is 0.904. The molecule has 8 heteroatoms. The van der Waals surface area contributed by atoms with Crippen molar-refractivity contribution < 1.29 is 9.59 Å². The molecule has 1 heterocycles. The zero-order chi connectivity index (χ0) is 14.7. The van der Waals surface area contributed by atoms with Crippen LogP contribution < -0.4 is 11.1 Å². The molecule has 5 nitrogen and oxygen atoms in total. The smallest absolute Gasteiger partial charge is 0.259 e. The second kappa shape index (κ2) is 6.21. The van der Waals surface area contributed by atoms with Crippen LogP contribution in [0, 0.1) is 0 Å². The minimum atomic E-state index is -0.480. The fraction of sp³-hybridized carbons (Fsp3) is 0.0833. The van der Waals surface area contributed by atoms with Crippen molar-refractivity contribution >= 4 is 51.5 Å². The van der Waals surface area contributed by atoms with Crippen molar-refractivity contribution in [2.75, 3.05) is 5.32 Å². The summed E-state index contributed by atoms with van der Waals surface area (Å²) in [4.78, 5) is 26.9. The van der Waals surface area contributed by atoms with Gasteiger partial charge in [0.15, 0.2) is 5.13 Å². The van der Waals surface area contributed by atoms with Crippen molar-refractivity contribution in [3.8, 4) is 0 Å². The lowest BCUT2D eigenvalue weighted by atomic mass is 10.2. The van der Waals surface area contributed by atoms with E-state index in [1.54, 1.807) is 23.6 Å². The molecule has 2 amide bonds. The van der Waals surface area contributed by atoms with Crippen LogP contribution in [0.15, 0.2) is 23.6 Å². The van der Waals surface area contributed by atoms with Gasteiger partial charge in [0.1, 0.15) is 0 Å². The van der Waals surface area contributed by atoms with E-state index >= 15 is 0 Å². The molecule has 2 rings (SSSR count). The molecule has 1 aromatic heterocycles. The van der Waals surface area contributed by atoms with Crippen LogP contribution in [0.3, 0.4) is 0 Å². The van der Waals surface area contributed by atoms with Crippen LogP contribution >= 0.6 is 34.5 Å². The molecule has 20 heavy (non-hydrogen) atoms. The van der Waals surface area contributed by atoms with E-state index in [0.29, 0.717) is 15.8 Å². The number of nitrogens with zero attached hydrogens (tertiary/aromatic N) is 1. The lowest BCUT2D eigenvalue weighted by molar-refractivity contribution is -0.117. The lowest BCUT2D eigenvalue weighted by Gasteiger charge is -2.04. The second-order valence-corrected chi connectivity index (χ2v) is 5.49. The van der Waals surface area contributed by atoms with Crippen molar-refractivity contribution in [2.24, 2.45) is 5.73 Å². The SMILES string of the molecule is NC(=O)Cc1csc(NC(=O)c2cccc(Cl)c2Cl)n1. The zero-order valence-electron chi connectivity index (χ0n) is 10.0. The Bertz CT molecular complexity index is 672. The number of primary amides is 1. The molecule has 0 fully saturated rings. The molecule has 3 N–H and O–H groups in total. The Hall–Kier alpha value is -1.63. The molecule has 104 valence electrons. The van der Waals surface area contributed by atoms with Gasteiger partial charge in [0.25, 0.3) is 5.91 Å². The first kappa shape index (κ1) is 14.8. The van der Waals surface area contributed by atoms with E-state index in [1.807, 2.05) is 0 Å². The van der Waals surface area contributed by atoms with Crippen molar-refractivity contribution in [3.63, 3.8) is 0 Å². The fourth-order valence-electron chi connectivity index (χ4n) is 1.47. The summed E-state index contributed by atoms with van der Waals surface area (Å²) in [6, 6.07) is 4.78. The highest BCUT2D eigenvalue weighted by Gasteiger charge is 2.14. The number of carbonyl (C=O) groups excluding carboxylic acids is 2. The van der Waals surface area contributed by atoms with Crippen LogP contribution in [0.25, 0.3) is 0 Å². The predicted octanol–water partition coefficient (Wildman–Crippen LogP) is 2.73. The molecule has 2 aromatic rings. The van der Waals surface area contributed by atoms with Crippen molar-refractivity contribution in [2.45, 2.75) is 6.42 Å². The maximum Gasteiger partial charge on any atom is 0.259 e. The first-order valence-electron chi connectivity index (χ1n) is 5.45. The van der Waals surface area contributed by atoms with Gasteiger partial charge in [-0.2, -0.15) is 0 Å². The predicted molar refractivity (Wildman–Crippen MR) is 79.4 cm³/mol. The Labute approximate surface area is 128 Å². The third kappa shape index (κ3) is 3.47. The summed E-state index contributed by atoms with van der Waals surface area (Å²) in [6.07, 6.45) is 0.0320. The summed E-state index contributed by atoms with van der Waals surface area (Å²) in [5.41, 5.74) is 5.83. The minimum absolute atomic E-state index is 0.0320. The molecule has 0 aliphatic carbocycles. The number of amides is 2. The molecular formula is C12H9Cl2N3O2S. The minimum Gasteiger partial charge on any atom is -0.369 e. The van der Waals surface area contributed by atoms with E-state index in [9.17, 15) is 9.59 Å². The Morgan fingerprint density at radius 3 is 2.80 bits per heavy atom. The molecule has 0 spiro atoms. The van der Waals surface area contributed by atoms with Crippen LogP contribution in [0.1, 0.15) is 16.1 Å². The summed E-state index contributed by atoms with van der Waals surface area (Å²) >= 11 is 13.0. The van der Waals surface area contributed by atoms with Crippen LogP contribution in [-0.4, -0.2) is 16.8 Å². The monoisotopic (exact) mass is 329 g/mol. The van der Waals surface area contributed by atoms with Gasteiger partial charge in [0.2, 0.25) is 5.91 Å². The number of nitrogens with one attached hydrogen (secondary N) is 1. The van der Waals surface area contributed by atoms with Gasteiger partial charge in [0.05, 0.1) is 27.7 Å². The summed E-state index contributed by atoms with van der Waals surface area (Å²) in [5, 5.41) is 5.09. The molecule has 0 saturated heterocycles. The Kier molecular flexibility index (Phi) is 4.59. The average molecular weight is 330 g/mol. The van der Waals surface area contributed by atoms with Crippen LogP contribution in [-0.2, 0) is 11.2 Å². The summed E-state index contributed by atoms with van der Waals surface area (Å²) in [5.74, 6) is -0.900. The maximum absolute atomic E-state index is 12.0. The number of aromatic nitrogens is 1. The average Bonchev–Trinajstić information content (AvgIpc) is 2.79. The number of rotatable bonds is 4. The number of nitrogens with two attached hydrogens (primary N) is 1. The number of hydrogen-bond donors (Lipinski definition) is 2. The van der Waals surface area contributed by atoms with Gasteiger partial charge in [-0.15, -0.1) is 11.3 Å². The molecule has 1 aromatic carbocycles. The number of thiazole rings is 1. The summed E-state index contributed by atoms with van der Waals surface area (Å²) in [7, 11) is 0. The Morgan fingerprint density at radius 2 is 2.10 bits per heavy atom. The highest BCUT2D eigenvalue weighted by molar-refractivity contribution is 7.14. The van der Waals surface area contributed by atoms with Gasteiger partial charge in [-0.25, -0.2) is 4.98 Å². The molecule has 0 aliphatic rings. The zero-order valence-corrected chi connectivity index (χ0v) is 12.4. The number of benzene rings is 1. The van der Waals surface area contributed by atoms with Gasteiger partial charge in [-0.1, -0.05) is 29.3 Å². The van der Waals surface area contributed by atoms with Crippen LogP contribution in [0.2, 0.25) is 10.0 Å². The lowest BCUT2D eigenvalue weighted by Crippen LogP contribution is -2.14. The number of halogens is 2. The highest BCUT2D eigenvalue weighted by Crippen LogP contribution is 2.26. The highest BCUT2D eigenvalue weighted by atomic mass is 35.5. The first-order chi connectivity index (χ1) is 9.47. The van der Waals surface area contributed by atoms with E-state index in [4.69, 9.17) is 28.9 Å². The standard InChI is InChI=1S/C12H9Cl2N3O2S/c13-8-3-1-2-7(10(8)14)11(19)17-12-16-6(5-20-12)4-9(15)18/h1-3,5H,4H2,(H2,15,18)(H,16,17,19). The van der Waals surface area contributed by atoms with Gasteiger partial charge in [-0.05, 0) is 12.1 Å².